The van der Waals surface area contributed by atoms with Crippen molar-refractivity contribution in [1.29, 1.82) is 0 Å². The van der Waals surface area contributed by atoms with Gasteiger partial charge in [-0.3, -0.25) is 4.90 Å². The van der Waals surface area contributed by atoms with Crippen LogP contribution in [0.15, 0.2) is 0 Å². The molecule has 1 aliphatic carbocycles. The minimum Gasteiger partial charge on any atom is -0.375 e. The third-order valence-corrected chi connectivity index (χ3v) is 3.84. The van der Waals surface area contributed by atoms with Crippen molar-refractivity contribution >= 4 is 0 Å². The van der Waals surface area contributed by atoms with Gasteiger partial charge in [0.25, 0.3) is 0 Å². The maximum absolute atomic E-state index is 6.21. The summed E-state index contributed by atoms with van der Waals surface area (Å²) in [5.41, 5.74) is 6.21. The number of hydrogen-bond acceptors (Lipinski definition) is 3. The molecular weight excluding hydrogens is 200 g/mol. The second-order valence-corrected chi connectivity index (χ2v) is 5.79. The van der Waals surface area contributed by atoms with Gasteiger partial charge in [0.2, 0.25) is 0 Å². The van der Waals surface area contributed by atoms with Gasteiger partial charge in [-0.1, -0.05) is 13.8 Å². The summed E-state index contributed by atoms with van der Waals surface area (Å²) in [4.78, 5) is 2.58. The van der Waals surface area contributed by atoms with Crippen LogP contribution in [0.1, 0.15) is 39.5 Å². The van der Waals surface area contributed by atoms with Gasteiger partial charge >= 0.3 is 0 Å². The molecule has 94 valence electrons. The maximum Gasteiger partial charge on any atom is 0.0730 e. The van der Waals surface area contributed by atoms with Crippen molar-refractivity contribution in [1.82, 2.24) is 4.90 Å². The summed E-state index contributed by atoms with van der Waals surface area (Å²) in [5.74, 6) is 0.704. The molecule has 1 saturated carbocycles. The van der Waals surface area contributed by atoms with E-state index in [4.69, 9.17) is 10.5 Å². The Hall–Kier alpha value is -0.120. The average molecular weight is 226 g/mol. The lowest BCUT2D eigenvalue weighted by atomic mass is 10.0. The molecule has 3 atom stereocenters. The molecule has 0 amide bonds. The van der Waals surface area contributed by atoms with Crippen LogP contribution < -0.4 is 5.73 Å². The first-order valence-electron chi connectivity index (χ1n) is 6.78. The second-order valence-electron chi connectivity index (χ2n) is 5.79. The minimum absolute atomic E-state index is 0.333. The highest BCUT2D eigenvalue weighted by atomic mass is 16.5. The first-order chi connectivity index (χ1) is 7.66. The smallest absolute Gasteiger partial charge is 0.0730 e. The van der Waals surface area contributed by atoms with Crippen LogP contribution in [0.2, 0.25) is 0 Å². The zero-order chi connectivity index (χ0) is 11.5. The lowest BCUT2D eigenvalue weighted by molar-refractivity contribution is -0.0575. The molecule has 1 aliphatic heterocycles. The van der Waals surface area contributed by atoms with Gasteiger partial charge in [-0.2, -0.15) is 0 Å². The third kappa shape index (κ3) is 2.96. The fraction of sp³-hybridized carbons (Fsp3) is 1.00. The van der Waals surface area contributed by atoms with Gasteiger partial charge in [-0.25, -0.2) is 0 Å². The number of fused-ring (bicyclic) bond motifs is 1. The normalized spacial score (nSPS) is 33.0. The summed E-state index contributed by atoms with van der Waals surface area (Å²) in [7, 11) is 0. The predicted octanol–water partition coefficient (Wildman–Crippen LogP) is 1.61. The van der Waals surface area contributed by atoms with Crippen LogP contribution in [0.5, 0.6) is 0 Å². The molecule has 0 aromatic rings. The summed E-state index contributed by atoms with van der Waals surface area (Å²) in [6, 6.07) is 0.992. The Morgan fingerprint density at radius 2 is 2.19 bits per heavy atom. The molecule has 0 aromatic heterocycles. The largest absolute Gasteiger partial charge is 0.375 e. The Morgan fingerprint density at radius 1 is 1.38 bits per heavy atom. The van der Waals surface area contributed by atoms with Gasteiger partial charge in [-0.15, -0.1) is 0 Å². The molecule has 2 N–H and O–H groups in total. The zero-order valence-electron chi connectivity index (χ0n) is 10.7. The molecule has 0 radical (unpaired) electrons. The topological polar surface area (TPSA) is 38.5 Å². The van der Waals surface area contributed by atoms with Gasteiger partial charge in [0.05, 0.1) is 12.7 Å². The van der Waals surface area contributed by atoms with E-state index in [1.54, 1.807) is 0 Å². The molecular formula is C13H26N2O. The number of rotatable bonds is 4. The van der Waals surface area contributed by atoms with Crippen molar-refractivity contribution < 1.29 is 4.74 Å². The molecule has 3 unspecified atom stereocenters. The molecule has 2 fully saturated rings. The van der Waals surface area contributed by atoms with Crippen molar-refractivity contribution in [2.24, 2.45) is 11.7 Å². The van der Waals surface area contributed by atoms with Crippen LogP contribution in [0, 0.1) is 5.92 Å². The molecule has 0 aromatic carbocycles. The van der Waals surface area contributed by atoms with E-state index in [2.05, 4.69) is 18.7 Å². The summed E-state index contributed by atoms with van der Waals surface area (Å²) in [5, 5.41) is 0. The number of hydrogen-bond donors (Lipinski definition) is 1. The van der Waals surface area contributed by atoms with Gasteiger partial charge < -0.3 is 10.5 Å². The van der Waals surface area contributed by atoms with Crippen LogP contribution in [0.4, 0.5) is 0 Å². The summed E-state index contributed by atoms with van der Waals surface area (Å²) < 4.78 is 5.81. The lowest BCUT2D eigenvalue weighted by Crippen LogP contribution is -2.52. The maximum atomic E-state index is 6.21. The predicted molar refractivity (Wildman–Crippen MR) is 66.4 cm³/mol. The van der Waals surface area contributed by atoms with Crippen LogP contribution in [-0.4, -0.2) is 42.8 Å². The molecule has 2 rings (SSSR count). The van der Waals surface area contributed by atoms with Crippen molar-refractivity contribution in [2.45, 2.75) is 57.7 Å². The summed E-state index contributed by atoms with van der Waals surface area (Å²) in [6.45, 7) is 7.53. The van der Waals surface area contributed by atoms with Crippen molar-refractivity contribution in [3.05, 3.63) is 0 Å². The number of ether oxygens (including phenoxy) is 1. The molecule has 3 nitrogen and oxygen atoms in total. The van der Waals surface area contributed by atoms with E-state index in [1.165, 1.54) is 19.3 Å². The summed E-state index contributed by atoms with van der Waals surface area (Å²) in [6.07, 6.45) is 5.51. The first-order valence-corrected chi connectivity index (χ1v) is 6.78. The molecule has 3 heteroatoms. The van der Waals surface area contributed by atoms with Crippen molar-refractivity contribution in [3.8, 4) is 0 Å². The zero-order valence-corrected chi connectivity index (χ0v) is 10.7. The first kappa shape index (κ1) is 12.3. The van der Waals surface area contributed by atoms with Crippen LogP contribution in [-0.2, 0) is 4.74 Å². The average Bonchev–Trinajstić information content (AvgIpc) is 2.65. The fourth-order valence-corrected chi connectivity index (χ4v) is 3.21. The Bertz CT molecular complexity index is 220. The van der Waals surface area contributed by atoms with Crippen LogP contribution in [0.25, 0.3) is 0 Å². The van der Waals surface area contributed by atoms with Crippen molar-refractivity contribution in [3.63, 3.8) is 0 Å². The third-order valence-electron chi connectivity index (χ3n) is 3.84. The Balaban J connectivity index is 1.83. The second kappa shape index (κ2) is 5.48. The van der Waals surface area contributed by atoms with Crippen LogP contribution in [0.3, 0.4) is 0 Å². The van der Waals surface area contributed by atoms with E-state index in [-0.39, 0.29) is 0 Å². The highest BCUT2D eigenvalue weighted by Gasteiger charge is 2.36. The molecule has 1 saturated heterocycles. The fourth-order valence-electron chi connectivity index (χ4n) is 3.21. The SMILES string of the molecule is CC(C)CC(N)CN1CCOC2CCCC21. The molecule has 1 heterocycles. The quantitative estimate of drug-likeness (QED) is 0.791. The van der Waals surface area contributed by atoms with E-state index >= 15 is 0 Å². The number of nitrogens with zero attached hydrogens (tertiary/aromatic N) is 1. The van der Waals surface area contributed by atoms with Crippen LogP contribution >= 0.6 is 0 Å². The Morgan fingerprint density at radius 3 is 2.94 bits per heavy atom. The van der Waals surface area contributed by atoms with Gasteiger partial charge in [0.15, 0.2) is 0 Å². The summed E-state index contributed by atoms with van der Waals surface area (Å²) >= 11 is 0. The molecule has 2 aliphatic rings. The highest BCUT2D eigenvalue weighted by molar-refractivity contribution is 4.90. The molecule has 0 spiro atoms. The van der Waals surface area contributed by atoms with Gasteiger partial charge in [0.1, 0.15) is 0 Å². The molecule has 16 heavy (non-hydrogen) atoms. The van der Waals surface area contributed by atoms with Crippen molar-refractivity contribution in [2.75, 3.05) is 19.7 Å². The van der Waals surface area contributed by atoms with E-state index in [1.807, 2.05) is 0 Å². The Kier molecular flexibility index (Phi) is 4.22. The highest BCUT2D eigenvalue weighted by Crippen LogP contribution is 2.29. The lowest BCUT2D eigenvalue weighted by Gasteiger charge is -2.39. The molecule has 0 bridgehead atoms. The minimum atomic E-state index is 0.333. The monoisotopic (exact) mass is 226 g/mol. The Labute approximate surface area is 99.3 Å². The number of nitrogens with two attached hydrogens (primary N) is 1. The van der Waals surface area contributed by atoms with E-state index < -0.39 is 0 Å². The van der Waals surface area contributed by atoms with Gasteiger partial charge in [0, 0.05) is 25.2 Å². The number of morpholine rings is 1. The van der Waals surface area contributed by atoms with Gasteiger partial charge in [-0.05, 0) is 31.6 Å². The van der Waals surface area contributed by atoms with E-state index in [9.17, 15) is 0 Å². The van der Waals surface area contributed by atoms with E-state index in [0.717, 1.165) is 26.1 Å². The van der Waals surface area contributed by atoms with E-state index in [0.29, 0.717) is 24.1 Å². The standard InChI is InChI=1S/C13H26N2O/c1-10(2)8-11(14)9-15-6-7-16-13-5-3-4-12(13)15/h10-13H,3-9,14H2,1-2H3.